The minimum Gasteiger partial charge on any atom is -0.354 e. The van der Waals surface area contributed by atoms with Crippen LogP contribution in [0.15, 0.2) is 42.5 Å². The highest BCUT2D eigenvalue weighted by atomic mass is 35.5. The molecule has 3 amide bonds. The first-order valence-electron chi connectivity index (χ1n) is 10.7. The fourth-order valence-corrected chi connectivity index (χ4v) is 3.99. The molecule has 0 aliphatic carbocycles. The molecule has 2 aromatic carbocycles. The number of hydrogen-bond donors (Lipinski definition) is 2. The number of rotatable bonds is 6. The van der Waals surface area contributed by atoms with Gasteiger partial charge in [0.1, 0.15) is 0 Å². The van der Waals surface area contributed by atoms with Gasteiger partial charge in [-0.15, -0.1) is 0 Å². The Morgan fingerprint density at radius 3 is 2.44 bits per heavy atom. The number of likely N-dealkylation sites (tertiary alicyclic amines) is 1. The molecule has 0 aromatic heterocycles. The molecule has 1 saturated heterocycles. The molecule has 32 heavy (non-hydrogen) atoms. The minimum atomic E-state index is -0.299. The molecule has 1 heterocycles. The monoisotopic (exact) mass is 475 g/mol. The van der Waals surface area contributed by atoms with E-state index in [1.54, 1.807) is 35.2 Å². The quantitative estimate of drug-likeness (QED) is 0.642. The van der Waals surface area contributed by atoms with Crippen molar-refractivity contribution in [3.63, 3.8) is 0 Å². The first-order chi connectivity index (χ1) is 15.2. The number of amides is 3. The number of nitrogens with one attached hydrogen (secondary N) is 2. The Bertz CT molecular complexity index is 992. The molecular weight excluding hydrogens is 449 g/mol. The van der Waals surface area contributed by atoms with Gasteiger partial charge in [-0.3, -0.25) is 14.4 Å². The molecule has 2 N–H and O–H groups in total. The minimum absolute atomic E-state index is 0.0364. The summed E-state index contributed by atoms with van der Waals surface area (Å²) in [6, 6.07) is 12.1. The Hall–Kier alpha value is -2.57. The molecular formula is C24H27Cl2N3O3. The lowest BCUT2D eigenvalue weighted by Crippen LogP contribution is -2.43. The van der Waals surface area contributed by atoms with E-state index >= 15 is 0 Å². The van der Waals surface area contributed by atoms with E-state index in [4.69, 9.17) is 23.2 Å². The van der Waals surface area contributed by atoms with Crippen molar-refractivity contribution in [2.45, 2.75) is 39.2 Å². The van der Waals surface area contributed by atoms with E-state index in [9.17, 15) is 14.4 Å². The molecule has 170 valence electrons. The van der Waals surface area contributed by atoms with Gasteiger partial charge in [0.2, 0.25) is 11.8 Å². The fraction of sp³-hybridized carbons (Fsp3) is 0.375. The smallest absolute Gasteiger partial charge is 0.253 e. The largest absolute Gasteiger partial charge is 0.354 e. The van der Waals surface area contributed by atoms with Gasteiger partial charge >= 0.3 is 0 Å². The van der Waals surface area contributed by atoms with Crippen LogP contribution in [0, 0.1) is 5.92 Å². The summed E-state index contributed by atoms with van der Waals surface area (Å²) < 4.78 is 0. The Labute approximate surface area is 198 Å². The highest BCUT2D eigenvalue weighted by molar-refractivity contribution is 6.42. The van der Waals surface area contributed by atoms with Crippen LogP contribution in [0.2, 0.25) is 10.0 Å². The van der Waals surface area contributed by atoms with Crippen molar-refractivity contribution in [2.75, 3.05) is 18.4 Å². The van der Waals surface area contributed by atoms with Gasteiger partial charge in [0.15, 0.2) is 0 Å². The molecule has 0 saturated carbocycles. The van der Waals surface area contributed by atoms with Crippen molar-refractivity contribution in [1.29, 1.82) is 0 Å². The number of carbonyl (C=O) groups excluding carboxylic acids is 3. The normalized spacial score (nSPS) is 16.0. The van der Waals surface area contributed by atoms with E-state index in [0.717, 1.165) is 12.0 Å². The molecule has 1 aliphatic heterocycles. The number of halogens is 2. The molecule has 1 aliphatic rings. The third-order valence-electron chi connectivity index (χ3n) is 5.28. The third kappa shape index (κ3) is 6.47. The molecule has 0 radical (unpaired) electrons. The summed E-state index contributed by atoms with van der Waals surface area (Å²) >= 11 is 12.0. The predicted molar refractivity (Wildman–Crippen MR) is 127 cm³/mol. The lowest BCUT2D eigenvalue weighted by atomic mass is 9.96. The maximum Gasteiger partial charge on any atom is 0.253 e. The van der Waals surface area contributed by atoms with Gasteiger partial charge in [-0.05, 0) is 62.6 Å². The van der Waals surface area contributed by atoms with Crippen LogP contribution >= 0.6 is 23.2 Å². The number of benzene rings is 2. The van der Waals surface area contributed by atoms with Crippen LogP contribution in [0.5, 0.6) is 0 Å². The fourth-order valence-electron chi connectivity index (χ4n) is 3.70. The van der Waals surface area contributed by atoms with Gasteiger partial charge in [-0.2, -0.15) is 0 Å². The van der Waals surface area contributed by atoms with Gasteiger partial charge in [0.05, 0.1) is 22.4 Å². The van der Waals surface area contributed by atoms with Crippen molar-refractivity contribution in [2.24, 2.45) is 5.92 Å². The summed E-state index contributed by atoms with van der Waals surface area (Å²) in [4.78, 5) is 39.2. The second kappa shape index (κ2) is 10.8. The Morgan fingerprint density at radius 1 is 1.06 bits per heavy atom. The molecule has 8 heteroatoms. The lowest BCUT2D eigenvalue weighted by Gasteiger charge is -2.32. The summed E-state index contributed by atoms with van der Waals surface area (Å²) in [7, 11) is 0. The summed E-state index contributed by atoms with van der Waals surface area (Å²) in [6.07, 6.45) is 1.75. The Morgan fingerprint density at radius 2 is 1.78 bits per heavy atom. The first kappa shape index (κ1) is 24.1. The maximum absolute atomic E-state index is 12.8. The second-order valence-corrected chi connectivity index (χ2v) is 9.12. The zero-order valence-corrected chi connectivity index (χ0v) is 19.7. The van der Waals surface area contributed by atoms with Gasteiger partial charge in [-0.25, -0.2) is 0 Å². The second-order valence-electron chi connectivity index (χ2n) is 8.30. The van der Waals surface area contributed by atoms with Gasteiger partial charge in [0, 0.05) is 30.4 Å². The third-order valence-corrected chi connectivity index (χ3v) is 6.02. The van der Waals surface area contributed by atoms with Crippen molar-refractivity contribution in [1.82, 2.24) is 10.2 Å². The molecule has 1 unspecified atom stereocenters. The summed E-state index contributed by atoms with van der Waals surface area (Å²) in [6.45, 7) is 4.77. The van der Waals surface area contributed by atoms with Crippen LogP contribution in [0.4, 0.5) is 5.69 Å². The number of hydrogen-bond acceptors (Lipinski definition) is 3. The molecule has 0 spiro atoms. The molecule has 3 rings (SSSR count). The zero-order chi connectivity index (χ0) is 23.3. The number of anilines is 1. The highest BCUT2D eigenvalue weighted by Crippen LogP contribution is 2.25. The lowest BCUT2D eigenvalue weighted by molar-refractivity contribution is -0.121. The summed E-state index contributed by atoms with van der Waals surface area (Å²) in [5, 5.41) is 6.50. The summed E-state index contributed by atoms with van der Waals surface area (Å²) in [5.41, 5.74) is 1.99. The SMILES string of the molecule is CC(C)NC(=O)Cc1ccc(NC(=O)C2CCCN(C(=O)c3ccc(Cl)c(Cl)c3)C2)cc1. The van der Waals surface area contributed by atoms with E-state index in [1.807, 2.05) is 26.0 Å². The van der Waals surface area contributed by atoms with Crippen LogP contribution in [0.1, 0.15) is 42.6 Å². The van der Waals surface area contributed by atoms with Crippen LogP contribution in [0.25, 0.3) is 0 Å². The van der Waals surface area contributed by atoms with Crippen LogP contribution in [0.3, 0.4) is 0 Å². The molecule has 0 bridgehead atoms. The van der Waals surface area contributed by atoms with Crippen LogP contribution < -0.4 is 10.6 Å². The van der Waals surface area contributed by atoms with Crippen molar-refractivity contribution >= 4 is 46.6 Å². The Balaban J connectivity index is 1.57. The van der Waals surface area contributed by atoms with Gasteiger partial charge < -0.3 is 15.5 Å². The van der Waals surface area contributed by atoms with Crippen molar-refractivity contribution in [3.05, 3.63) is 63.6 Å². The zero-order valence-electron chi connectivity index (χ0n) is 18.2. The van der Waals surface area contributed by atoms with Gasteiger partial charge in [0.25, 0.3) is 5.91 Å². The maximum atomic E-state index is 12.8. The van der Waals surface area contributed by atoms with Crippen molar-refractivity contribution in [3.8, 4) is 0 Å². The van der Waals surface area contributed by atoms with E-state index in [1.165, 1.54) is 0 Å². The number of piperidine rings is 1. The summed E-state index contributed by atoms with van der Waals surface area (Å²) in [5.74, 6) is -0.621. The first-order valence-corrected chi connectivity index (χ1v) is 11.4. The topological polar surface area (TPSA) is 78.5 Å². The van der Waals surface area contributed by atoms with Crippen LogP contribution in [-0.4, -0.2) is 41.8 Å². The molecule has 1 atom stereocenters. The molecule has 2 aromatic rings. The van der Waals surface area contributed by atoms with Gasteiger partial charge in [-0.1, -0.05) is 35.3 Å². The van der Waals surface area contributed by atoms with E-state index in [0.29, 0.717) is 47.2 Å². The average molecular weight is 476 g/mol. The number of nitrogens with zero attached hydrogens (tertiary/aromatic N) is 1. The Kier molecular flexibility index (Phi) is 8.15. The van der Waals surface area contributed by atoms with E-state index < -0.39 is 0 Å². The predicted octanol–water partition coefficient (Wildman–Crippen LogP) is 4.55. The molecule has 6 nitrogen and oxygen atoms in total. The average Bonchev–Trinajstić information content (AvgIpc) is 2.76. The van der Waals surface area contributed by atoms with Crippen LogP contribution in [-0.2, 0) is 16.0 Å². The van der Waals surface area contributed by atoms with Crippen molar-refractivity contribution < 1.29 is 14.4 Å². The van der Waals surface area contributed by atoms with E-state index in [2.05, 4.69) is 10.6 Å². The number of carbonyl (C=O) groups is 3. The highest BCUT2D eigenvalue weighted by Gasteiger charge is 2.29. The molecule has 1 fully saturated rings. The standard InChI is InChI=1S/C24H27Cl2N3O3/c1-15(2)27-22(30)12-16-5-8-19(9-6-16)28-23(31)18-4-3-11-29(14-18)24(32)17-7-10-20(25)21(26)13-17/h5-10,13,15,18H,3-4,11-12,14H2,1-2H3,(H,27,30)(H,28,31). The van der Waals surface area contributed by atoms with E-state index in [-0.39, 0.29) is 29.7 Å².